The summed E-state index contributed by atoms with van der Waals surface area (Å²) in [6, 6.07) is 9.63. The summed E-state index contributed by atoms with van der Waals surface area (Å²) in [6.45, 7) is 3.53. The molecule has 1 N–H and O–H groups in total. The fraction of sp³-hybridized carbons (Fsp3) is 0.350. The van der Waals surface area contributed by atoms with Crippen LogP contribution in [0.3, 0.4) is 0 Å². The lowest BCUT2D eigenvalue weighted by Gasteiger charge is -2.30. The van der Waals surface area contributed by atoms with E-state index in [0.717, 1.165) is 17.7 Å². The van der Waals surface area contributed by atoms with Crippen LogP contribution in [0.5, 0.6) is 0 Å². The van der Waals surface area contributed by atoms with Crippen molar-refractivity contribution in [1.29, 1.82) is 0 Å². The van der Waals surface area contributed by atoms with Crippen LogP contribution >= 0.6 is 11.8 Å². The van der Waals surface area contributed by atoms with Crippen molar-refractivity contribution >= 4 is 33.4 Å². The summed E-state index contributed by atoms with van der Waals surface area (Å²) in [5.41, 5.74) is 0.650. The van der Waals surface area contributed by atoms with Crippen LogP contribution in [-0.2, 0) is 10.0 Å². The summed E-state index contributed by atoms with van der Waals surface area (Å²) < 4.78 is 41.0. The number of likely N-dealkylation sites (tertiary alicyclic amines) is 1. The quantitative estimate of drug-likeness (QED) is 0.733. The minimum atomic E-state index is -3.90. The molecule has 8 heteroatoms. The highest BCUT2D eigenvalue weighted by atomic mass is 32.2. The fourth-order valence-corrected chi connectivity index (χ4v) is 4.79. The van der Waals surface area contributed by atoms with Crippen LogP contribution in [0, 0.1) is 11.7 Å². The summed E-state index contributed by atoms with van der Waals surface area (Å²) in [4.78, 5) is 15.6. The Hall–Kier alpha value is -2.06. The summed E-state index contributed by atoms with van der Waals surface area (Å²) in [5.74, 6) is 0.00165. The van der Waals surface area contributed by atoms with E-state index in [9.17, 15) is 17.6 Å². The van der Waals surface area contributed by atoms with E-state index in [0.29, 0.717) is 24.6 Å². The van der Waals surface area contributed by atoms with E-state index >= 15 is 0 Å². The normalized spacial score (nSPS) is 15.5. The minimum Gasteiger partial charge on any atom is -0.339 e. The van der Waals surface area contributed by atoms with Gasteiger partial charge in [0.2, 0.25) is 0 Å². The maximum atomic E-state index is 13.0. The summed E-state index contributed by atoms with van der Waals surface area (Å²) in [5, 5.41) is 0. The van der Waals surface area contributed by atoms with Gasteiger partial charge in [0, 0.05) is 23.7 Å². The number of benzene rings is 2. The van der Waals surface area contributed by atoms with Crippen LogP contribution < -0.4 is 4.72 Å². The highest BCUT2D eigenvalue weighted by molar-refractivity contribution is 7.98. The second-order valence-corrected chi connectivity index (χ2v) is 9.48. The van der Waals surface area contributed by atoms with Crippen molar-refractivity contribution in [3.8, 4) is 0 Å². The lowest BCUT2D eigenvalue weighted by molar-refractivity contribution is 0.0693. The van der Waals surface area contributed by atoms with E-state index in [4.69, 9.17) is 0 Å². The van der Waals surface area contributed by atoms with E-state index in [1.54, 1.807) is 11.0 Å². The van der Waals surface area contributed by atoms with Crippen molar-refractivity contribution in [3.05, 3.63) is 53.8 Å². The Morgan fingerprint density at radius 1 is 1.14 bits per heavy atom. The van der Waals surface area contributed by atoms with E-state index in [1.807, 2.05) is 6.26 Å². The molecule has 0 unspecified atom stereocenters. The third-order valence-corrected chi connectivity index (χ3v) is 7.05. The molecule has 1 fully saturated rings. The Morgan fingerprint density at radius 3 is 2.39 bits per heavy atom. The molecule has 1 saturated heterocycles. The van der Waals surface area contributed by atoms with E-state index in [2.05, 4.69) is 11.6 Å². The van der Waals surface area contributed by atoms with Gasteiger partial charge in [-0.25, -0.2) is 12.8 Å². The van der Waals surface area contributed by atoms with Crippen molar-refractivity contribution in [2.75, 3.05) is 24.1 Å². The maximum absolute atomic E-state index is 13.0. The van der Waals surface area contributed by atoms with Crippen LogP contribution in [0.4, 0.5) is 10.1 Å². The third kappa shape index (κ3) is 4.67. The van der Waals surface area contributed by atoms with Crippen LogP contribution in [0.2, 0.25) is 0 Å². The first kappa shape index (κ1) is 20.7. The molecule has 2 aromatic carbocycles. The molecular weight excluding hydrogens is 399 g/mol. The molecule has 0 aromatic heterocycles. The van der Waals surface area contributed by atoms with Crippen molar-refractivity contribution < 1.29 is 17.6 Å². The Kier molecular flexibility index (Phi) is 6.30. The first-order valence-corrected chi connectivity index (χ1v) is 11.8. The molecule has 0 aliphatic carbocycles. The Balaban J connectivity index is 1.89. The SMILES string of the molecule is CSc1ccc(S(=O)(=O)Nc2ccc(F)cc2)cc1C(=O)N1CCC(C)CC1. The lowest BCUT2D eigenvalue weighted by Crippen LogP contribution is -2.38. The topological polar surface area (TPSA) is 66.5 Å². The van der Waals surface area contributed by atoms with Gasteiger partial charge in [0.05, 0.1) is 10.5 Å². The molecule has 150 valence electrons. The molecule has 1 aliphatic rings. The van der Waals surface area contributed by atoms with Crippen molar-refractivity contribution in [2.24, 2.45) is 5.92 Å². The number of sulfonamides is 1. The molecular formula is C20H23FN2O3S2. The molecule has 1 aliphatic heterocycles. The minimum absolute atomic E-state index is 0.00310. The number of nitrogens with zero attached hydrogens (tertiary/aromatic N) is 1. The van der Waals surface area contributed by atoms with Crippen molar-refractivity contribution in [1.82, 2.24) is 4.90 Å². The first-order valence-electron chi connectivity index (χ1n) is 9.06. The van der Waals surface area contributed by atoms with Crippen molar-refractivity contribution in [3.63, 3.8) is 0 Å². The Labute approximate surface area is 169 Å². The molecule has 28 heavy (non-hydrogen) atoms. The van der Waals surface area contributed by atoms with Gasteiger partial charge >= 0.3 is 0 Å². The zero-order chi connectivity index (χ0) is 20.3. The number of rotatable bonds is 5. The number of halogens is 1. The number of nitrogens with one attached hydrogen (secondary N) is 1. The van der Waals surface area contributed by atoms with E-state index < -0.39 is 15.8 Å². The number of carbonyl (C=O) groups is 1. The molecule has 3 rings (SSSR count). The fourth-order valence-electron chi connectivity index (χ4n) is 3.14. The zero-order valence-corrected chi connectivity index (χ0v) is 17.4. The summed E-state index contributed by atoms with van der Waals surface area (Å²) in [7, 11) is -3.90. The molecule has 1 amide bonds. The van der Waals surface area contributed by atoms with E-state index in [1.165, 1.54) is 48.2 Å². The number of anilines is 1. The Bertz CT molecular complexity index is 954. The molecule has 5 nitrogen and oxygen atoms in total. The second-order valence-electron chi connectivity index (χ2n) is 6.95. The van der Waals surface area contributed by atoms with Crippen molar-refractivity contribution in [2.45, 2.75) is 29.6 Å². The Morgan fingerprint density at radius 2 is 1.79 bits per heavy atom. The highest BCUT2D eigenvalue weighted by Gasteiger charge is 2.25. The molecule has 0 bridgehead atoms. The second kappa shape index (κ2) is 8.53. The average Bonchev–Trinajstić information content (AvgIpc) is 2.69. The number of carbonyl (C=O) groups excluding carboxylic acids is 1. The van der Waals surface area contributed by atoms with Gasteiger partial charge in [0.15, 0.2) is 0 Å². The lowest BCUT2D eigenvalue weighted by atomic mass is 9.98. The predicted octanol–water partition coefficient (Wildman–Crippen LogP) is 4.22. The highest BCUT2D eigenvalue weighted by Crippen LogP contribution is 2.28. The van der Waals surface area contributed by atoms with Crippen LogP contribution in [0.15, 0.2) is 52.3 Å². The molecule has 0 radical (unpaired) electrons. The molecule has 0 saturated carbocycles. The standard InChI is InChI=1S/C20H23FN2O3S2/c1-14-9-11-23(12-10-14)20(24)18-13-17(7-8-19(18)27-2)28(25,26)22-16-5-3-15(21)4-6-16/h3-8,13-14,22H,9-12H2,1-2H3. The van der Waals surface area contributed by atoms with Gasteiger partial charge in [-0.3, -0.25) is 9.52 Å². The number of piperidine rings is 1. The number of hydrogen-bond acceptors (Lipinski definition) is 4. The van der Waals surface area contributed by atoms with Gasteiger partial charge in [0.1, 0.15) is 5.82 Å². The van der Waals surface area contributed by atoms with Gasteiger partial charge < -0.3 is 4.90 Å². The largest absolute Gasteiger partial charge is 0.339 e. The third-order valence-electron chi connectivity index (χ3n) is 4.88. The van der Waals surface area contributed by atoms with E-state index in [-0.39, 0.29) is 16.5 Å². The average molecular weight is 423 g/mol. The smallest absolute Gasteiger partial charge is 0.261 e. The summed E-state index contributed by atoms with van der Waals surface area (Å²) >= 11 is 1.41. The van der Waals surface area contributed by atoms with Gasteiger partial charge in [-0.1, -0.05) is 6.92 Å². The first-order chi connectivity index (χ1) is 13.3. The molecule has 0 atom stereocenters. The molecule has 1 heterocycles. The number of hydrogen-bond donors (Lipinski definition) is 1. The number of amides is 1. The van der Waals surface area contributed by atoms with Gasteiger partial charge in [-0.15, -0.1) is 11.8 Å². The van der Waals surface area contributed by atoms with Crippen LogP contribution in [0.1, 0.15) is 30.1 Å². The molecule has 0 spiro atoms. The molecule has 2 aromatic rings. The van der Waals surface area contributed by atoms with Crippen LogP contribution in [-0.4, -0.2) is 38.6 Å². The van der Waals surface area contributed by atoms with Gasteiger partial charge in [-0.05, 0) is 67.5 Å². The van der Waals surface area contributed by atoms with Gasteiger partial charge in [-0.2, -0.15) is 0 Å². The number of thioether (sulfide) groups is 1. The zero-order valence-electron chi connectivity index (χ0n) is 15.8. The predicted molar refractivity (Wildman–Crippen MR) is 110 cm³/mol. The van der Waals surface area contributed by atoms with Crippen LogP contribution in [0.25, 0.3) is 0 Å². The monoisotopic (exact) mass is 422 g/mol. The van der Waals surface area contributed by atoms with Gasteiger partial charge in [0.25, 0.3) is 15.9 Å². The maximum Gasteiger partial charge on any atom is 0.261 e. The summed E-state index contributed by atoms with van der Waals surface area (Å²) in [6.07, 6.45) is 3.75.